The second-order valence-electron chi connectivity index (χ2n) is 7.20. The van der Waals surface area contributed by atoms with E-state index in [0.717, 1.165) is 11.3 Å². The summed E-state index contributed by atoms with van der Waals surface area (Å²) in [5.74, 6) is -0.773. The molecular formula is C23H19N3O6S. The molecule has 3 aromatic rings. The van der Waals surface area contributed by atoms with Gasteiger partial charge in [0.1, 0.15) is 5.75 Å². The highest BCUT2D eigenvalue weighted by Crippen LogP contribution is 2.31. The molecule has 0 radical (unpaired) electrons. The van der Waals surface area contributed by atoms with Gasteiger partial charge in [0, 0.05) is 17.7 Å². The molecule has 1 aromatic heterocycles. The number of ether oxygens (including phenoxy) is 1. The van der Waals surface area contributed by atoms with Gasteiger partial charge in [-0.15, -0.1) is 0 Å². The largest absolute Gasteiger partial charge is 0.507 e. The molecule has 0 amide bonds. The van der Waals surface area contributed by atoms with Gasteiger partial charge in [-0.05, 0) is 24.1 Å². The van der Waals surface area contributed by atoms with E-state index in [1.807, 2.05) is 37.3 Å². The predicted molar refractivity (Wildman–Crippen MR) is 122 cm³/mol. The van der Waals surface area contributed by atoms with E-state index in [1.165, 1.54) is 36.0 Å². The quantitative estimate of drug-likeness (QED) is 0.351. The van der Waals surface area contributed by atoms with Gasteiger partial charge in [0.25, 0.3) is 11.2 Å². The van der Waals surface area contributed by atoms with E-state index >= 15 is 0 Å². The van der Waals surface area contributed by atoms with Crippen molar-refractivity contribution in [2.24, 2.45) is 4.99 Å². The number of hydrogen-bond donors (Lipinski definition) is 1. The number of fused-ring (bicyclic) bond motifs is 1. The van der Waals surface area contributed by atoms with Crippen LogP contribution in [0.1, 0.15) is 30.5 Å². The monoisotopic (exact) mass is 465 g/mol. The number of carbonyl (C=O) groups is 1. The third-order valence-electron chi connectivity index (χ3n) is 5.27. The second-order valence-corrected chi connectivity index (χ2v) is 8.21. The van der Waals surface area contributed by atoms with Crippen molar-refractivity contribution in [2.75, 3.05) is 7.11 Å². The smallest absolute Gasteiger partial charge is 0.338 e. The molecule has 0 unspecified atom stereocenters. The standard InChI is InChI=1S/C23H19N3O6S/c1-3-16-19(22(29)32-2)20(13-7-5-4-6-8-13)25-21(28)18(33-23(25)24-16)12-14-11-15(26(30)31)9-10-17(14)27/h4-12,20,27H,3H2,1-2H3/b18-12+/t20-/m1/s1. The van der Waals surface area contributed by atoms with Crippen molar-refractivity contribution in [1.29, 1.82) is 0 Å². The number of aromatic nitrogens is 1. The Labute approximate surface area is 191 Å². The first-order chi connectivity index (χ1) is 15.8. The van der Waals surface area contributed by atoms with Gasteiger partial charge in [-0.25, -0.2) is 9.79 Å². The van der Waals surface area contributed by atoms with Gasteiger partial charge in [-0.1, -0.05) is 48.6 Å². The lowest BCUT2D eigenvalue weighted by molar-refractivity contribution is -0.384. The van der Waals surface area contributed by atoms with Crippen molar-refractivity contribution in [3.8, 4) is 5.75 Å². The number of esters is 1. The van der Waals surface area contributed by atoms with Gasteiger partial charge in [0.05, 0.1) is 33.9 Å². The Hall–Kier alpha value is -4.05. The zero-order valence-corrected chi connectivity index (χ0v) is 18.5. The normalized spacial score (nSPS) is 15.7. The van der Waals surface area contributed by atoms with Crippen LogP contribution in [0.3, 0.4) is 0 Å². The molecule has 33 heavy (non-hydrogen) atoms. The highest BCUT2D eigenvalue weighted by atomic mass is 32.1. The lowest BCUT2D eigenvalue weighted by Crippen LogP contribution is -2.40. The second kappa shape index (κ2) is 8.83. The molecular weight excluding hydrogens is 446 g/mol. The fourth-order valence-corrected chi connectivity index (χ4v) is 4.74. The number of carbonyl (C=O) groups excluding carboxylic acids is 1. The van der Waals surface area contributed by atoms with E-state index in [1.54, 1.807) is 0 Å². The zero-order chi connectivity index (χ0) is 23.7. The molecule has 0 saturated carbocycles. The number of benzene rings is 2. The van der Waals surface area contributed by atoms with Crippen molar-refractivity contribution < 1.29 is 19.6 Å². The maximum absolute atomic E-state index is 13.5. The van der Waals surface area contributed by atoms with Crippen LogP contribution in [0, 0.1) is 10.1 Å². The van der Waals surface area contributed by atoms with Crippen LogP contribution in [0.2, 0.25) is 0 Å². The van der Waals surface area contributed by atoms with Gasteiger partial charge in [-0.2, -0.15) is 0 Å². The SMILES string of the molecule is CCC1=C(C(=O)OC)[C@@H](c2ccccc2)n2c(s/c(=C/c3cc([N+](=O)[O-])ccc3O)c2=O)=N1. The van der Waals surface area contributed by atoms with Gasteiger partial charge in [0.15, 0.2) is 4.80 Å². The van der Waals surface area contributed by atoms with Crippen molar-refractivity contribution in [3.63, 3.8) is 0 Å². The molecule has 2 aromatic carbocycles. The molecule has 0 bridgehead atoms. The minimum Gasteiger partial charge on any atom is -0.507 e. The third-order valence-corrected chi connectivity index (χ3v) is 6.26. The number of nitro groups is 1. The minimum atomic E-state index is -0.745. The summed E-state index contributed by atoms with van der Waals surface area (Å²) >= 11 is 1.08. The molecule has 1 N–H and O–H groups in total. The Morgan fingerprint density at radius 3 is 2.67 bits per heavy atom. The van der Waals surface area contributed by atoms with Gasteiger partial charge >= 0.3 is 5.97 Å². The minimum absolute atomic E-state index is 0.133. The molecule has 0 fully saturated rings. The number of hydrogen-bond acceptors (Lipinski definition) is 8. The number of methoxy groups -OCH3 is 1. The highest BCUT2D eigenvalue weighted by molar-refractivity contribution is 7.07. The topological polar surface area (TPSA) is 124 Å². The molecule has 1 aliphatic heterocycles. The van der Waals surface area contributed by atoms with Crippen molar-refractivity contribution in [2.45, 2.75) is 19.4 Å². The van der Waals surface area contributed by atoms with E-state index in [2.05, 4.69) is 4.99 Å². The van der Waals surface area contributed by atoms with Gasteiger partial charge in [0.2, 0.25) is 0 Å². The Kier molecular flexibility index (Phi) is 5.93. The first-order valence-corrected chi connectivity index (χ1v) is 10.8. The molecule has 1 atom stereocenters. The first kappa shape index (κ1) is 22.2. The summed E-state index contributed by atoms with van der Waals surface area (Å²) in [6.07, 6.45) is 1.84. The van der Waals surface area contributed by atoms with Crippen molar-refractivity contribution in [3.05, 3.63) is 101 Å². The summed E-state index contributed by atoms with van der Waals surface area (Å²) in [6.45, 7) is 1.86. The van der Waals surface area contributed by atoms with Crippen LogP contribution in [0.25, 0.3) is 6.08 Å². The first-order valence-electron chi connectivity index (χ1n) is 10.0. The van der Waals surface area contributed by atoms with E-state index in [4.69, 9.17) is 4.74 Å². The van der Waals surface area contributed by atoms with Crippen LogP contribution >= 0.6 is 11.3 Å². The summed E-state index contributed by atoms with van der Waals surface area (Å²) in [5.41, 5.74) is 0.994. The fraction of sp³-hybridized carbons (Fsp3) is 0.174. The maximum Gasteiger partial charge on any atom is 0.338 e. The number of non-ortho nitro benzene ring substituents is 1. The van der Waals surface area contributed by atoms with Crippen molar-refractivity contribution >= 4 is 29.1 Å². The Balaban J connectivity index is 2.00. The average Bonchev–Trinajstić information content (AvgIpc) is 3.13. The summed E-state index contributed by atoms with van der Waals surface area (Å²) in [7, 11) is 1.28. The lowest BCUT2D eigenvalue weighted by Gasteiger charge is -2.25. The summed E-state index contributed by atoms with van der Waals surface area (Å²) in [4.78, 5) is 41.7. The number of phenolic OH excluding ortho intramolecular Hbond substituents is 1. The van der Waals surface area contributed by atoms with Crippen LogP contribution in [-0.2, 0) is 9.53 Å². The van der Waals surface area contributed by atoms with Crippen molar-refractivity contribution in [1.82, 2.24) is 4.57 Å². The lowest BCUT2D eigenvalue weighted by atomic mass is 9.95. The van der Waals surface area contributed by atoms with Crippen LogP contribution in [0.5, 0.6) is 5.75 Å². The number of phenols is 1. The van der Waals surface area contributed by atoms with Gasteiger partial charge in [-0.3, -0.25) is 19.5 Å². The molecule has 10 heteroatoms. The summed E-state index contributed by atoms with van der Waals surface area (Å²) < 4.78 is 6.65. The number of aromatic hydroxyl groups is 1. The summed E-state index contributed by atoms with van der Waals surface area (Å²) in [5, 5.41) is 21.3. The van der Waals surface area contributed by atoms with E-state index in [-0.39, 0.29) is 27.1 Å². The van der Waals surface area contributed by atoms with Crippen LogP contribution in [0.4, 0.5) is 5.69 Å². The third kappa shape index (κ3) is 3.96. The number of rotatable bonds is 5. The van der Waals surface area contributed by atoms with Crippen LogP contribution in [-0.4, -0.2) is 27.7 Å². The predicted octanol–water partition coefficient (Wildman–Crippen LogP) is 2.41. The summed E-state index contributed by atoms with van der Waals surface area (Å²) in [6, 6.07) is 11.9. The zero-order valence-electron chi connectivity index (χ0n) is 17.7. The maximum atomic E-state index is 13.5. The Morgan fingerprint density at radius 2 is 2.03 bits per heavy atom. The van der Waals surface area contributed by atoms with E-state index < -0.39 is 22.5 Å². The average molecular weight is 465 g/mol. The Bertz CT molecular complexity index is 1470. The number of allylic oxidation sites excluding steroid dienone is 1. The number of thiazole rings is 1. The van der Waals surface area contributed by atoms with Gasteiger partial charge < -0.3 is 9.84 Å². The molecule has 4 rings (SSSR count). The molecule has 0 spiro atoms. The molecule has 168 valence electrons. The van der Waals surface area contributed by atoms with E-state index in [9.17, 15) is 24.8 Å². The van der Waals surface area contributed by atoms with Crippen LogP contribution in [0.15, 0.2) is 69.6 Å². The number of nitro benzene ring substituents is 1. The molecule has 9 nitrogen and oxygen atoms in total. The Morgan fingerprint density at radius 1 is 1.30 bits per heavy atom. The van der Waals surface area contributed by atoms with E-state index in [0.29, 0.717) is 22.5 Å². The highest BCUT2D eigenvalue weighted by Gasteiger charge is 2.33. The fourth-order valence-electron chi connectivity index (χ4n) is 3.73. The molecule has 0 aliphatic carbocycles. The molecule has 1 aliphatic rings. The number of nitrogens with zero attached hydrogens (tertiary/aromatic N) is 3. The molecule has 2 heterocycles. The molecule has 0 saturated heterocycles. The van der Waals surface area contributed by atoms with Crippen LogP contribution < -0.4 is 14.9 Å².